The molecule has 1 aliphatic rings. The summed E-state index contributed by atoms with van der Waals surface area (Å²) in [5.74, 6) is -0.353. The van der Waals surface area contributed by atoms with E-state index in [9.17, 15) is 4.39 Å². The number of nitrogens with one attached hydrogen (secondary N) is 1. The van der Waals surface area contributed by atoms with E-state index in [1.807, 2.05) is 13.1 Å². The molecule has 0 bridgehead atoms. The summed E-state index contributed by atoms with van der Waals surface area (Å²) >= 11 is 0. The van der Waals surface area contributed by atoms with E-state index in [2.05, 4.69) is 22.3 Å². The molecule has 0 fully saturated rings. The third-order valence-electron chi connectivity index (χ3n) is 4.11. The first-order valence-electron chi connectivity index (χ1n) is 7.25. The van der Waals surface area contributed by atoms with Crippen molar-refractivity contribution >= 4 is 0 Å². The Bertz CT molecular complexity index is 697. The molecule has 2 aromatic rings. The summed E-state index contributed by atoms with van der Waals surface area (Å²) in [6, 6.07) is 6.92. The first-order valence-corrected chi connectivity index (χ1v) is 7.25. The number of aryl methyl sites for hydroxylation is 1. The third kappa shape index (κ3) is 2.84. The predicted octanol–water partition coefficient (Wildman–Crippen LogP) is 3.14. The van der Waals surface area contributed by atoms with Crippen LogP contribution in [0.2, 0.25) is 0 Å². The molecular formula is C17H18FN3. The molecule has 0 amide bonds. The molecule has 1 aliphatic carbocycles. The topological polar surface area (TPSA) is 40.8 Å². The van der Waals surface area contributed by atoms with Crippen LogP contribution in [-0.4, -0.2) is 11.6 Å². The van der Waals surface area contributed by atoms with Gasteiger partial charge in [-0.15, -0.1) is 0 Å². The van der Waals surface area contributed by atoms with Gasteiger partial charge in [-0.2, -0.15) is 5.26 Å². The molecule has 3 nitrogen and oxygen atoms in total. The average molecular weight is 283 g/mol. The van der Waals surface area contributed by atoms with Gasteiger partial charge in [-0.3, -0.25) is 0 Å². The predicted molar refractivity (Wildman–Crippen MR) is 79.4 cm³/mol. The zero-order valence-corrected chi connectivity index (χ0v) is 12.1. The van der Waals surface area contributed by atoms with E-state index in [1.165, 1.54) is 29.7 Å². The Morgan fingerprint density at radius 3 is 3.00 bits per heavy atom. The number of hydrogen-bond donors (Lipinski definition) is 1. The van der Waals surface area contributed by atoms with Crippen LogP contribution in [0.15, 0.2) is 30.6 Å². The molecule has 0 saturated heterocycles. The third-order valence-corrected chi connectivity index (χ3v) is 4.11. The largest absolute Gasteiger partial charge is 0.349 e. The van der Waals surface area contributed by atoms with Crippen LogP contribution >= 0.6 is 0 Å². The highest BCUT2D eigenvalue weighted by molar-refractivity contribution is 5.35. The van der Waals surface area contributed by atoms with Crippen molar-refractivity contribution < 1.29 is 4.39 Å². The van der Waals surface area contributed by atoms with Crippen LogP contribution in [-0.2, 0) is 13.0 Å². The first-order chi connectivity index (χ1) is 10.2. The van der Waals surface area contributed by atoms with Crippen LogP contribution in [0, 0.1) is 17.1 Å². The Labute approximate surface area is 124 Å². The zero-order valence-electron chi connectivity index (χ0n) is 12.1. The molecule has 1 aromatic carbocycles. The summed E-state index contributed by atoms with van der Waals surface area (Å²) in [7, 11) is 1.99. The van der Waals surface area contributed by atoms with Crippen molar-refractivity contribution in [3.05, 3.63) is 58.7 Å². The minimum atomic E-state index is -0.353. The number of hydrogen-bond acceptors (Lipinski definition) is 2. The second-order valence-electron chi connectivity index (χ2n) is 5.60. The van der Waals surface area contributed by atoms with Gasteiger partial charge >= 0.3 is 0 Å². The molecule has 1 heterocycles. The van der Waals surface area contributed by atoms with E-state index in [0.717, 1.165) is 18.4 Å². The molecule has 1 atom stereocenters. The molecule has 0 saturated carbocycles. The van der Waals surface area contributed by atoms with Gasteiger partial charge in [-0.1, -0.05) is 0 Å². The fraction of sp³-hybridized carbons (Fsp3) is 0.353. The number of halogens is 1. The van der Waals surface area contributed by atoms with Crippen molar-refractivity contribution in [3.8, 4) is 6.07 Å². The Morgan fingerprint density at radius 2 is 2.24 bits per heavy atom. The molecule has 0 radical (unpaired) electrons. The molecule has 21 heavy (non-hydrogen) atoms. The Kier molecular flexibility index (Phi) is 3.76. The lowest BCUT2D eigenvalue weighted by molar-refractivity contribution is 0.498. The van der Waals surface area contributed by atoms with Crippen molar-refractivity contribution in [2.24, 2.45) is 0 Å². The summed E-state index contributed by atoms with van der Waals surface area (Å²) in [4.78, 5) is 0. The maximum absolute atomic E-state index is 13.5. The molecular weight excluding hydrogens is 265 g/mol. The van der Waals surface area contributed by atoms with Crippen molar-refractivity contribution in [1.82, 2.24) is 9.88 Å². The van der Waals surface area contributed by atoms with Crippen molar-refractivity contribution in [1.29, 1.82) is 5.26 Å². The maximum atomic E-state index is 13.5. The second kappa shape index (κ2) is 5.71. The summed E-state index contributed by atoms with van der Waals surface area (Å²) in [5, 5.41) is 12.3. The molecule has 3 rings (SSSR count). The fourth-order valence-corrected chi connectivity index (χ4v) is 3.16. The zero-order chi connectivity index (χ0) is 14.8. The minimum Gasteiger partial charge on any atom is -0.349 e. The lowest BCUT2D eigenvalue weighted by atomic mass is 9.91. The normalized spacial score (nSPS) is 17.3. The first kappa shape index (κ1) is 13.8. The van der Waals surface area contributed by atoms with Gasteiger partial charge in [0, 0.05) is 25.0 Å². The van der Waals surface area contributed by atoms with Gasteiger partial charge in [-0.05, 0) is 61.2 Å². The van der Waals surface area contributed by atoms with Gasteiger partial charge < -0.3 is 9.88 Å². The van der Waals surface area contributed by atoms with Gasteiger partial charge in [0.05, 0.1) is 11.6 Å². The highest BCUT2D eigenvalue weighted by Gasteiger charge is 2.20. The average Bonchev–Trinajstić information content (AvgIpc) is 2.88. The Hall–Kier alpha value is -2.12. The van der Waals surface area contributed by atoms with E-state index in [-0.39, 0.29) is 5.82 Å². The molecule has 0 aliphatic heterocycles. The van der Waals surface area contributed by atoms with Crippen molar-refractivity contribution in [3.63, 3.8) is 0 Å². The Morgan fingerprint density at radius 1 is 1.38 bits per heavy atom. The lowest BCUT2D eigenvalue weighted by Gasteiger charge is -2.21. The Balaban J connectivity index is 1.88. The standard InChI is InChI=1S/C17H18FN3/c1-20-17-4-2-3-14-10-21(11-16(14)17)9-13-5-12(8-19)6-15(18)7-13/h5-7,10-11,17,20H,2-4,9H2,1H3. The van der Waals surface area contributed by atoms with Crippen LogP contribution in [0.25, 0.3) is 0 Å². The van der Waals surface area contributed by atoms with E-state index < -0.39 is 0 Å². The molecule has 4 heteroatoms. The van der Waals surface area contributed by atoms with Gasteiger partial charge in [0.2, 0.25) is 0 Å². The van der Waals surface area contributed by atoms with Crippen molar-refractivity contribution in [2.75, 3.05) is 7.05 Å². The molecule has 1 unspecified atom stereocenters. The molecule has 1 N–H and O–H groups in total. The SMILES string of the molecule is CNC1CCCc2cn(Cc3cc(F)cc(C#N)c3)cc21. The minimum absolute atomic E-state index is 0.353. The quantitative estimate of drug-likeness (QED) is 0.940. The number of aromatic nitrogens is 1. The van der Waals surface area contributed by atoms with E-state index >= 15 is 0 Å². The monoisotopic (exact) mass is 283 g/mol. The summed E-state index contributed by atoms with van der Waals surface area (Å²) in [5.41, 5.74) is 3.91. The molecule has 108 valence electrons. The molecule has 0 spiro atoms. The number of fused-ring (bicyclic) bond motifs is 1. The molecule has 1 aromatic heterocycles. The van der Waals surface area contributed by atoms with Gasteiger partial charge in [0.15, 0.2) is 0 Å². The number of benzene rings is 1. The van der Waals surface area contributed by atoms with Crippen LogP contribution in [0.3, 0.4) is 0 Å². The van der Waals surface area contributed by atoms with Gasteiger partial charge in [0.1, 0.15) is 5.82 Å². The fourth-order valence-electron chi connectivity index (χ4n) is 3.16. The lowest BCUT2D eigenvalue weighted by Crippen LogP contribution is -2.20. The highest BCUT2D eigenvalue weighted by Crippen LogP contribution is 2.30. The summed E-state index contributed by atoms with van der Waals surface area (Å²) in [6.45, 7) is 0.593. The van der Waals surface area contributed by atoms with Gasteiger partial charge in [-0.25, -0.2) is 4.39 Å². The van der Waals surface area contributed by atoms with Crippen LogP contribution in [0.5, 0.6) is 0 Å². The number of nitrogens with zero attached hydrogens (tertiary/aromatic N) is 2. The van der Waals surface area contributed by atoms with Gasteiger partial charge in [0.25, 0.3) is 0 Å². The van der Waals surface area contributed by atoms with Crippen LogP contribution < -0.4 is 5.32 Å². The smallest absolute Gasteiger partial charge is 0.124 e. The maximum Gasteiger partial charge on any atom is 0.124 e. The van der Waals surface area contributed by atoms with E-state index in [1.54, 1.807) is 6.07 Å². The highest BCUT2D eigenvalue weighted by atomic mass is 19.1. The van der Waals surface area contributed by atoms with E-state index in [0.29, 0.717) is 18.2 Å². The van der Waals surface area contributed by atoms with Crippen molar-refractivity contribution in [2.45, 2.75) is 31.8 Å². The summed E-state index contributed by atoms with van der Waals surface area (Å²) < 4.78 is 15.6. The van der Waals surface area contributed by atoms with Crippen LogP contribution in [0.1, 0.15) is 41.1 Å². The summed E-state index contributed by atoms with van der Waals surface area (Å²) in [6.07, 6.45) is 7.75. The van der Waals surface area contributed by atoms with Crippen LogP contribution in [0.4, 0.5) is 4.39 Å². The number of nitriles is 1. The second-order valence-corrected chi connectivity index (χ2v) is 5.60. The van der Waals surface area contributed by atoms with E-state index in [4.69, 9.17) is 5.26 Å². The number of rotatable bonds is 3.